The Morgan fingerprint density at radius 2 is 1.79 bits per heavy atom. The fourth-order valence-corrected chi connectivity index (χ4v) is 3.88. The van der Waals surface area contributed by atoms with Crippen LogP contribution in [0.15, 0.2) is 24.3 Å². The molecule has 1 aromatic carbocycles. The lowest BCUT2D eigenvalue weighted by molar-refractivity contribution is 0.0860. The second-order valence-corrected chi connectivity index (χ2v) is 7.40. The highest BCUT2D eigenvalue weighted by Crippen LogP contribution is 2.19. The first kappa shape index (κ1) is 20.9. The van der Waals surface area contributed by atoms with Crippen molar-refractivity contribution in [2.24, 2.45) is 0 Å². The third-order valence-electron chi connectivity index (χ3n) is 5.52. The molecule has 3 rings (SSSR count). The first-order valence-electron chi connectivity index (χ1n) is 10.3. The Kier molecular flexibility index (Phi) is 6.56. The maximum absolute atomic E-state index is 12.6. The molecule has 0 bridgehead atoms. The van der Waals surface area contributed by atoms with Gasteiger partial charge in [0, 0.05) is 30.4 Å². The van der Waals surface area contributed by atoms with Gasteiger partial charge in [-0.1, -0.05) is 6.92 Å². The highest BCUT2D eigenvalue weighted by atomic mass is 16.6. The van der Waals surface area contributed by atoms with E-state index in [1.165, 1.54) is 5.56 Å². The van der Waals surface area contributed by atoms with E-state index in [4.69, 9.17) is 4.74 Å². The lowest BCUT2D eigenvalue weighted by Crippen LogP contribution is -2.46. The van der Waals surface area contributed by atoms with Crippen molar-refractivity contribution in [1.29, 1.82) is 0 Å². The van der Waals surface area contributed by atoms with Gasteiger partial charge in [-0.05, 0) is 69.9 Å². The number of hydrogen-bond acceptors (Lipinski definition) is 4. The summed E-state index contributed by atoms with van der Waals surface area (Å²) in [6.07, 6.45) is 2.14. The number of hydrogen-bond donors (Lipinski definition) is 1. The Balaban J connectivity index is 1.60. The lowest BCUT2D eigenvalue weighted by Gasteiger charge is -2.31. The molecule has 0 atom stereocenters. The molecule has 7 heteroatoms. The molecule has 1 N–H and O–H groups in total. The number of carbonyl (C=O) groups excluding carboxylic acids is 2. The van der Waals surface area contributed by atoms with Crippen LogP contribution >= 0.6 is 0 Å². The Morgan fingerprint density at radius 3 is 2.34 bits per heavy atom. The number of likely N-dealkylation sites (tertiary alicyclic amines) is 1. The number of rotatable bonds is 5. The smallest absolute Gasteiger partial charge is 0.409 e. The van der Waals surface area contributed by atoms with Crippen LogP contribution in [0, 0.1) is 13.8 Å². The zero-order valence-electron chi connectivity index (χ0n) is 17.7. The Hall–Kier alpha value is -2.83. The van der Waals surface area contributed by atoms with Gasteiger partial charge in [-0.25, -0.2) is 9.48 Å². The molecule has 29 heavy (non-hydrogen) atoms. The van der Waals surface area contributed by atoms with Gasteiger partial charge < -0.3 is 15.0 Å². The second kappa shape index (κ2) is 9.11. The summed E-state index contributed by atoms with van der Waals surface area (Å²) in [4.78, 5) is 26.1. The minimum Gasteiger partial charge on any atom is -0.450 e. The van der Waals surface area contributed by atoms with Gasteiger partial charge in [0.05, 0.1) is 18.0 Å². The van der Waals surface area contributed by atoms with Crippen LogP contribution in [-0.2, 0) is 11.2 Å². The van der Waals surface area contributed by atoms with Crippen molar-refractivity contribution >= 4 is 12.0 Å². The van der Waals surface area contributed by atoms with Crippen LogP contribution in [-0.4, -0.2) is 52.4 Å². The summed E-state index contributed by atoms with van der Waals surface area (Å²) in [5, 5.41) is 7.71. The minimum atomic E-state index is -0.275. The van der Waals surface area contributed by atoms with E-state index >= 15 is 0 Å². The Morgan fingerprint density at radius 1 is 1.14 bits per heavy atom. The first-order valence-corrected chi connectivity index (χ1v) is 10.3. The number of aromatic nitrogens is 2. The highest BCUT2D eigenvalue weighted by Gasteiger charge is 2.24. The van der Waals surface area contributed by atoms with Crippen molar-refractivity contribution in [3.05, 3.63) is 46.8 Å². The predicted octanol–water partition coefficient (Wildman–Crippen LogP) is 3.40. The maximum Gasteiger partial charge on any atom is 0.409 e. The molecule has 1 fully saturated rings. The number of piperidine rings is 1. The Labute approximate surface area is 172 Å². The summed E-state index contributed by atoms with van der Waals surface area (Å²) in [5.41, 5.74) is 5.01. The summed E-state index contributed by atoms with van der Waals surface area (Å²) in [7, 11) is 0. The van der Waals surface area contributed by atoms with Crippen molar-refractivity contribution in [2.75, 3.05) is 19.7 Å². The van der Waals surface area contributed by atoms with Crippen molar-refractivity contribution in [3.63, 3.8) is 0 Å². The van der Waals surface area contributed by atoms with Crippen LogP contribution in [0.25, 0.3) is 5.69 Å². The van der Waals surface area contributed by atoms with E-state index in [2.05, 4.69) is 24.3 Å². The van der Waals surface area contributed by atoms with Crippen LogP contribution in [0.4, 0.5) is 4.79 Å². The van der Waals surface area contributed by atoms with Gasteiger partial charge in [-0.2, -0.15) is 5.10 Å². The number of benzene rings is 1. The van der Waals surface area contributed by atoms with E-state index < -0.39 is 0 Å². The number of amides is 2. The zero-order valence-corrected chi connectivity index (χ0v) is 17.7. The summed E-state index contributed by atoms with van der Waals surface area (Å²) >= 11 is 0. The Bertz CT molecular complexity index is 865. The monoisotopic (exact) mass is 398 g/mol. The molecule has 156 valence electrons. The van der Waals surface area contributed by atoms with Gasteiger partial charge in [0.2, 0.25) is 0 Å². The van der Waals surface area contributed by atoms with Crippen LogP contribution in [0.2, 0.25) is 0 Å². The van der Waals surface area contributed by atoms with Crippen LogP contribution in [0.3, 0.4) is 0 Å². The van der Waals surface area contributed by atoms with Crippen molar-refractivity contribution in [1.82, 2.24) is 20.0 Å². The summed E-state index contributed by atoms with van der Waals surface area (Å²) < 4.78 is 6.96. The average molecular weight is 399 g/mol. The van der Waals surface area contributed by atoms with Gasteiger partial charge in [-0.3, -0.25) is 4.79 Å². The number of ether oxygens (including phenoxy) is 1. The molecule has 1 aromatic heterocycles. The number of nitrogens with zero attached hydrogens (tertiary/aromatic N) is 3. The van der Waals surface area contributed by atoms with Crippen LogP contribution < -0.4 is 5.32 Å². The first-order chi connectivity index (χ1) is 13.9. The molecular formula is C22H30N4O3. The lowest BCUT2D eigenvalue weighted by atomic mass is 10.0. The summed E-state index contributed by atoms with van der Waals surface area (Å²) in [6, 6.07) is 7.59. The van der Waals surface area contributed by atoms with E-state index in [-0.39, 0.29) is 18.0 Å². The number of nitrogens with one attached hydrogen (secondary N) is 1. The van der Waals surface area contributed by atoms with Gasteiger partial charge >= 0.3 is 6.09 Å². The average Bonchev–Trinajstić information content (AvgIpc) is 3.02. The van der Waals surface area contributed by atoms with Gasteiger partial charge in [0.15, 0.2) is 0 Å². The van der Waals surface area contributed by atoms with Gasteiger partial charge in [0.1, 0.15) is 0 Å². The highest BCUT2D eigenvalue weighted by molar-refractivity contribution is 5.94. The maximum atomic E-state index is 12.6. The third-order valence-corrected chi connectivity index (χ3v) is 5.52. The SMILES string of the molecule is CCOC(=O)N1CCC(NC(=O)c2ccc(-n3nc(C)c(CC)c3C)cc2)CC1. The minimum absolute atomic E-state index is 0.0657. The van der Waals surface area contributed by atoms with Gasteiger partial charge in [0.25, 0.3) is 5.91 Å². The standard InChI is InChI=1S/C22H30N4O3/c1-5-20-15(3)24-26(16(20)4)19-9-7-17(8-10-19)21(27)23-18-11-13-25(14-12-18)22(28)29-6-2/h7-10,18H,5-6,11-14H2,1-4H3,(H,23,27). The molecule has 1 saturated heterocycles. The molecule has 0 radical (unpaired) electrons. The van der Waals surface area contributed by atoms with Crippen LogP contribution in [0.1, 0.15) is 54.0 Å². The van der Waals surface area contributed by atoms with E-state index in [1.54, 1.807) is 11.8 Å². The summed E-state index contributed by atoms with van der Waals surface area (Å²) in [5.74, 6) is -0.0891. The molecule has 7 nitrogen and oxygen atoms in total. The summed E-state index contributed by atoms with van der Waals surface area (Å²) in [6.45, 7) is 9.60. The van der Waals surface area contributed by atoms with Crippen LogP contribution in [0.5, 0.6) is 0 Å². The fourth-order valence-electron chi connectivity index (χ4n) is 3.88. The molecule has 1 aliphatic heterocycles. The largest absolute Gasteiger partial charge is 0.450 e. The predicted molar refractivity (Wildman–Crippen MR) is 111 cm³/mol. The molecule has 0 spiro atoms. The van der Waals surface area contributed by atoms with E-state index in [1.807, 2.05) is 35.9 Å². The van der Waals surface area contributed by atoms with Crippen molar-refractivity contribution in [3.8, 4) is 5.69 Å². The zero-order chi connectivity index (χ0) is 21.0. The second-order valence-electron chi connectivity index (χ2n) is 7.40. The normalized spacial score (nSPS) is 14.7. The van der Waals surface area contributed by atoms with Gasteiger partial charge in [-0.15, -0.1) is 0 Å². The third kappa shape index (κ3) is 4.60. The molecule has 2 heterocycles. The molecule has 0 saturated carbocycles. The molecule has 0 unspecified atom stereocenters. The molecular weight excluding hydrogens is 368 g/mol. The molecule has 0 aliphatic carbocycles. The molecule has 2 amide bonds. The van der Waals surface area contributed by atoms with E-state index in [0.717, 1.165) is 36.3 Å². The number of aryl methyl sites for hydroxylation is 1. The number of carbonyl (C=O) groups is 2. The molecule has 1 aliphatic rings. The van der Waals surface area contributed by atoms with Crippen molar-refractivity contribution in [2.45, 2.75) is 53.0 Å². The molecule has 2 aromatic rings. The quantitative estimate of drug-likeness (QED) is 0.837. The van der Waals surface area contributed by atoms with E-state index in [9.17, 15) is 9.59 Å². The fraction of sp³-hybridized carbons (Fsp3) is 0.500. The van der Waals surface area contributed by atoms with Crippen molar-refractivity contribution < 1.29 is 14.3 Å². The van der Waals surface area contributed by atoms with E-state index in [0.29, 0.717) is 25.3 Å². The topological polar surface area (TPSA) is 76.5 Å².